The molecule has 2 nitrogen and oxygen atoms in total. The third-order valence-corrected chi connectivity index (χ3v) is 3.77. The Hall–Kier alpha value is -2.35. The molecule has 3 rings (SSSR count). The van der Waals surface area contributed by atoms with E-state index in [0.29, 0.717) is 5.56 Å². The fourth-order valence-electron chi connectivity index (χ4n) is 2.67. The van der Waals surface area contributed by atoms with E-state index in [1.807, 2.05) is 6.07 Å². The van der Waals surface area contributed by atoms with Gasteiger partial charge in [0.05, 0.1) is 5.56 Å². The molecule has 0 bridgehead atoms. The lowest BCUT2D eigenvalue weighted by atomic mass is 9.86. The Morgan fingerprint density at radius 2 is 1.85 bits per heavy atom. The van der Waals surface area contributed by atoms with Crippen LogP contribution in [0.3, 0.4) is 0 Å². The van der Waals surface area contributed by atoms with Gasteiger partial charge in [-0.15, -0.1) is 0 Å². The second kappa shape index (κ2) is 4.97. The van der Waals surface area contributed by atoms with Gasteiger partial charge in [-0.05, 0) is 54.2 Å². The lowest BCUT2D eigenvalue weighted by molar-refractivity contribution is 0.0697. The van der Waals surface area contributed by atoms with Crippen LogP contribution in [0.5, 0.6) is 0 Å². The van der Waals surface area contributed by atoms with E-state index in [4.69, 9.17) is 5.11 Å². The van der Waals surface area contributed by atoms with Crippen LogP contribution in [0.1, 0.15) is 39.0 Å². The highest BCUT2D eigenvalue weighted by atomic mass is 16.4. The van der Waals surface area contributed by atoms with E-state index in [-0.39, 0.29) is 0 Å². The molecule has 0 atom stereocenters. The van der Waals surface area contributed by atoms with Crippen LogP contribution < -0.4 is 0 Å². The number of carboxylic acid groups (broad SMARTS) is 1. The normalized spacial score (nSPS) is 13.6. The molecule has 0 radical (unpaired) electrons. The number of fused-ring (bicyclic) bond motifs is 1. The summed E-state index contributed by atoms with van der Waals surface area (Å²) in [5.41, 5.74) is 6.16. The van der Waals surface area contributed by atoms with Crippen molar-refractivity contribution in [2.45, 2.75) is 19.8 Å². The van der Waals surface area contributed by atoms with E-state index in [0.717, 1.165) is 29.5 Å². The second-order valence-corrected chi connectivity index (χ2v) is 5.20. The predicted molar refractivity (Wildman–Crippen MR) is 80.0 cm³/mol. The van der Waals surface area contributed by atoms with Gasteiger partial charge in [-0.2, -0.15) is 0 Å². The van der Waals surface area contributed by atoms with Gasteiger partial charge in [0.25, 0.3) is 0 Å². The quantitative estimate of drug-likeness (QED) is 0.887. The largest absolute Gasteiger partial charge is 0.478 e. The molecule has 1 aliphatic carbocycles. The van der Waals surface area contributed by atoms with Gasteiger partial charge in [0.2, 0.25) is 0 Å². The minimum Gasteiger partial charge on any atom is -0.478 e. The summed E-state index contributed by atoms with van der Waals surface area (Å²) in [5, 5.41) is 9.16. The Balaban J connectivity index is 2.11. The van der Waals surface area contributed by atoms with Gasteiger partial charge >= 0.3 is 5.97 Å². The Kier molecular flexibility index (Phi) is 3.15. The zero-order chi connectivity index (χ0) is 14.1. The first-order chi connectivity index (χ1) is 9.65. The average molecular weight is 264 g/mol. The van der Waals surface area contributed by atoms with Crippen molar-refractivity contribution >= 4 is 11.5 Å². The van der Waals surface area contributed by atoms with E-state index in [2.05, 4.69) is 37.3 Å². The van der Waals surface area contributed by atoms with Gasteiger partial charge in [0.1, 0.15) is 0 Å². The van der Waals surface area contributed by atoms with Crippen molar-refractivity contribution in [2.75, 3.05) is 0 Å². The van der Waals surface area contributed by atoms with Crippen LogP contribution in [0.4, 0.5) is 0 Å². The molecule has 0 spiro atoms. The van der Waals surface area contributed by atoms with Crippen molar-refractivity contribution in [3.63, 3.8) is 0 Å². The SMILES string of the molecule is Cc1ccc(C2=CCCc3ccc(C(=O)O)cc32)cc1. The highest BCUT2D eigenvalue weighted by molar-refractivity contribution is 5.91. The standard InChI is InChI=1S/C18H16O2/c1-12-5-7-14(8-6-12)16-4-2-3-13-9-10-15(18(19)20)11-17(13)16/h4-11H,2-3H2,1H3,(H,19,20). The molecule has 2 aromatic carbocycles. The van der Waals surface area contributed by atoms with Crippen LogP contribution in [-0.2, 0) is 6.42 Å². The Morgan fingerprint density at radius 1 is 1.10 bits per heavy atom. The van der Waals surface area contributed by atoms with Crippen molar-refractivity contribution in [1.29, 1.82) is 0 Å². The number of rotatable bonds is 2. The maximum atomic E-state index is 11.2. The van der Waals surface area contributed by atoms with Crippen LogP contribution in [-0.4, -0.2) is 11.1 Å². The first kappa shape index (κ1) is 12.7. The molecular formula is C18H16O2. The molecule has 0 aromatic heterocycles. The maximum Gasteiger partial charge on any atom is 0.335 e. The summed E-state index contributed by atoms with van der Waals surface area (Å²) in [7, 11) is 0. The van der Waals surface area contributed by atoms with E-state index in [9.17, 15) is 4.79 Å². The molecule has 20 heavy (non-hydrogen) atoms. The first-order valence-electron chi connectivity index (χ1n) is 6.79. The summed E-state index contributed by atoms with van der Waals surface area (Å²) >= 11 is 0. The molecule has 2 heteroatoms. The van der Waals surface area contributed by atoms with E-state index < -0.39 is 5.97 Å². The van der Waals surface area contributed by atoms with Crippen LogP contribution >= 0.6 is 0 Å². The molecule has 0 saturated carbocycles. The lowest BCUT2D eigenvalue weighted by Gasteiger charge is -2.19. The third kappa shape index (κ3) is 2.25. The number of aryl methyl sites for hydroxylation is 2. The number of hydrogen-bond donors (Lipinski definition) is 1. The predicted octanol–water partition coefficient (Wildman–Crippen LogP) is 4.07. The number of aromatic carboxylic acids is 1. The van der Waals surface area contributed by atoms with E-state index in [1.165, 1.54) is 11.1 Å². The van der Waals surface area contributed by atoms with E-state index >= 15 is 0 Å². The molecule has 0 heterocycles. The fourth-order valence-corrected chi connectivity index (χ4v) is 2.67. The van der Waals surface area contributed by atoms with Crippen LogP contribution in [0, 0.1) is 6.92 Å². The smallest absolute Gasteiger partial charge is 0.335 e. The number of allylic oxidation sites excluding steroid dienone is 1. The summed E-state index contributed by atoms with van der Waals surface area (Å²) in [5.74, 6) is -0.873. The van der Waals surface area contributed by atoms with Crippen LogP contribution in [0.2, 0.25) is 0 Å². The molecule has 2 aromatic rings. The minimum atomic E-state index is -0.873. The first-order valence-corrected chi connectivity index (χ1v) is 6.79. The van der Waals surface area contributed by atoms with Gasteiger partial charge < -0.3 is 5.11 Å². The molecule has 0 fully saturated rings. The molecular weight excluding hydrogens is 248 g/mol. The van der Waals surface area contributed by atoms with Crippen LogP contribution in [0.25, 0.3) is 5.57 Å². The molecule has 100 valence electrons. The van der Waals surface area contributed by atoms with Crippen LogP contribution in [0.15, 0.2) is 48.5 Å². The fraction of sp³-hybridized carbons (Fsp3) is 0.167. The molecule has 1 N–H and O–H groups in total. The minimum absolute atomic E-state index is 0.351. The molecule has 0 amide bonds. The average Bonchev–Trinajstić information content (AvgIpc) is 2.47. The maximum absolute atomic E-state index is 11.2. The molecule has 1 aliphatic rings. The molecule has 0 saturated heterocycles. The van der Waals surface area contributed by atoms with Gasteiger partial charge in [-0.25, -0.2) is 4.79 Å². The Labute approximate surface area is 118 Å². The summed E-state index contributed by atoms with van der Waals surface area (Å²) in [4.78, 5) is 11.2. The summed E-state index contributed by atoms with van der Waals surface area (Å²) < 4.78 is 0. The van der Waals surface area contributed by atoms with Gasteiger partial charge in [0, 0.05) is 0 Å². The molecule has 0 unspecified atom stereocenters. The Morgan fingerprint density at radius 3 is 2.55 bits per heavy atom. The summed E-state index contributed by atoms with van der Waals surface area (Å²) in [6.45, 7) is 2.06. The zero-order valence-corrected chi connectivity index (χ0v) is 11.4. The summed E-state index contributed by atoms with van der Waals surface area (Å²) in [6.07, 6.45) is 4.19. The van der Waals surface area contributed by atoms with Crippen molar-refractivity contribution in [2.24, 2.45) is 0 Å². The van der Waals surface area contributed by atoms with Gasteiger partial charge in [0.15, 0.2) is 0 Å². The third-order valence-electron chi connectivity index (χ3n) is 3.77. The van der Waals surface area contributed by atoms with Crippen molar-refractivity contribution in [3.05, 3.63) is 76.4 Å². The lowest BCUT2D eigenvalue weighted by Crippen LogP contribution is -2.04. The second-order valence-electron chi connectivity index (χ2n) is 5.20. The Bertz CT molecular complexity index is 694. The van der Waals surface area contributed by atoms with Gasteiger partial charge in [-0.1, -0.05) is 42.0 Å². The number of carboxylic acids is 1. The number of benzene rings is 2. The van der Waals surface area contributed by atoms with Crippen molar-refractivity contribution in [1.82, 2.24) is 0 Å². The van der Waals surface area contributed by atoms with Crippen molar-refractivity contribution < 1.29 is 9.90 Å². The van der Waals surface area contributed by atoms with Gasteiger partial charge in [-0.3, -0.25) is 0 Å². The van der Waals surface area contributed by atoms with Crippen molar-refractivity contribution in [3.8, 4) is 0 Å². The molecule has 0 aliphatic heterocycles. The topological polar surface area (TPSA) is 37.3 Å². The highest BCUT2D eigenvalue weighted by Gasteiger charge is 2.16. The highest BCUT2D eigenvalue weighted by Crippen LogP contribution is 2.32. The monoisotopic (exact) mass is 264 g/mol. The number of carbonyl (C=O) groups is 1. The number of hydrogen-bond acceptors (Lipinski definition) is 1. The van der Waals surface area contributed by atoms with E-state index in [1.54, 1.807) is 12.1 Å². The summed E-state index contributed by atoms with van der Waals surface area (Å²) in [6, 6.07) is 13.8. The zero-order valence-electron chi connectivity index (χ0n) is 11.4.